The summed E-state index contributed by atoms with van der Waals surface area (Å²) in [6.07, 6.45) is 10.4. The fraction of sp³-hybridized carbons (Fsp3) is 0.412. The van der Waals surface area contributed by atoms with Gasteiger partial charge in [0.2, 0.25) is 0 Å². The van der Waals surface area contributed by atoms with Crippen LogP contribution in [-0.2, 0) is 5.41 Å². The molecule has 0 saturated heterocycles. The van der Waals surface area contributed by atoms with Crippen LogP contribution in [0.1, 0.15) is 37.7 Å². The lowest BCUT2D eigenvalue weighted by Gasteiger charge is -2.40. The van der Waals surface area contributed by atoms with Crippen LogP contribution >= 0.6 is 0 Å². The monoisotopic (exact) mass is 240 g/mol. The van der Waals surface area contributed by atoms with Crippen LogP contribution in [0.3, 0.4) is 0 Å². The fourth-order valence-corrected chi connectivity index (χ4v) is 3.67. The summed E-state index contributed by atoms with van der Waals surface area (Å²) in [7, 11) is 0. The Balaban J connectivity index is 2.07. The first-order valence-electron chi connectivity index (χ1n) is 6.95. The molecular weight excluding hydrogens is 220 g/mol. The molecule has 3 rings (SSSR count). The van der Waals surface area contributed by atoms with Gasteiger partial charge in [-0.3, -0.25) is 0 Å². The number of hydrogen-bond donors (Lipinski definition) is 1. The Morgan fingerprint density at radius 2 is 1.89 bits per heavy atom. The van der Waals surface area contributed by atoms with Crippen LogP contribution in [0.5, 0.6) is 0 Å². The average Bonchev–Trinajstić information content (AvgIpc) is 2.81. The molecule has 0 spiro atoms. The molecule has 0 radical (unpaired) electrons. The van der Waals surface area contributed by atoms with Crippen molar-refractivity contribution in [1.82, 2.24) is 0 Å². The van der Waals surface area contributed by atoms with Crippen molar-refractivity contribution in [1.29, 1.82) is 0 Å². The van der Waals surface area contributed by atoms with Gasteiger partial charge in [0.25, 0.3) is 0 Å². The Bertz CT molecular complexity index is 484. The number of aliphatic hydroxyl groups excluding tert-OH is 1. The van der Waals surface area contributed by atoms with Crippen molar-refractivity contribution in [2.45, 2.75) is 37.5 Å². The van der Waals surface area contributed by atoms with E-state index in [0.717, 1.165) is 6.42 Å². The van der Waals surface area contributed by atoms with Gasteiger partial charge in [-0.1, -0.05) is 60.1 Å². The van der Waals surface area contributed by atoms with Gasteiger partial charge in [0.1, 0.15) is 0 Å². The predicted molar refractivity (Wildman–Crippen MR) is 74.5 cm³/mol. The highest BCUT2D eigenvalue weighted by molar-refractivity contribution is 5.54. The van der Waals surface area contributed by atoms with Gasteiger partial charge in [-0.2, -0.15) is 0 Å². The molecule has 1 fully saturated rings. The first-order valence-corrected chi connectivity index (χ1v) is 6.95. The minimum atomic E-state index is 0.113. The lowest BCUT2D eigenvalue weighted by Crippen LogP contribution is -2.32. The van der Waals surface area contributed by atoms with E-state index in [1.54, 1.807) is 5.57 Å². The zero-order valence-corrected chi connectivity index (χ0v) is 10.7. The van der Waals surface area contributed by atoms with Gasteiger partial charge in [-0.25, -0.2) is 0 Å². The summed E-state index contributed by atoms with van der Waals surface area (Å²) in [6, 6.07) is 10.8. The molecule has 1 heteroatoms. The maximum absolute atomic E-state index is 9.31. The molecule has 1 aromatic rings. The minimum Gasteiger partial charge on any atom is -0.396 e. The molecule has 18 heavy (non-hydrogen) atoms. The number of rotatable bonds is 3. The number of allylic oxidation sites excluding steroid dienone is 3. The van der Waals surface area contributed by atoms with Crippen LogP contribution in [0, 0.1) is 0 Å². The normalized spacial score (nSPS) is 26.5. The van der Waals surface area contributed by atoms with Gasteiger partial charge in [0.15, 0.2) is 0 Å². The first-order chi connectivity index (χ1) is 8.88. The Labute approximate surface area is 109 Å². The highest BCUT2D eigenvalue weighted by Crippen LogP contribution is 2.52. The Hall–Kier alpha value is -1.34. The molecule has 1 unspecified atom stereocenters. The summed E-state index contributed by atoms with van der Waals surface area (Å²) < 4.78 is 0. The number of hydrogen-bond acceptors (Lipinski definition) is 1. The molecule has 0 aromatic heterocycles. The zero-order chi connectivity index (χ0) is 12.4. The molecule has 0 amide bonds. The summed E-state index contributed by atoms with van der Waals surface area (Å²) in [4.78, 5) is 0. The fourth-order valence-electron chi connectivity index (χ4n) is 3.67. The second-order valence-corrected chi connectivity index (χ2v) is 5.34. The van der Waals surface area contributed by atoms with Crippen LogP contribution < -0.4 is 0 Å². The lowest BCUT2D eigenvalue weighted by atomic mass is 9.63. The van der Waals surface area contributed by atoms with Gasteiger partial charge < -0.3 is 5.11 Å². The second kappa shape index (κ2) is 4.74. The molecule has 1 N–H and O–H groups in total. The molecule has 0 bridgehead atoms. The van der Waals surface area contributed by atoms with E-state index in [1.165, 1.54) is 36.8 Å². The number of benzene rings is 1. The molecule has 1 nitrogen and oxygen atoms in total. The third-order valence-electron chi connectivity index (χ3n) is 4.48. The van der Waals surface area contributed by atoms with Crippen LogP contribution in [0.2, 0.25) is 0 Å². The van der Waals surface area contributed by atoms with Crippen molar-refractivity contribution < 1.29 is 5.11 Å². The van der Waals surface area contributed by atoms with E-state index < -0.39 is 0 Å². The van der Waals surface area contributed by atoms with Gasteiger partial charge >= 0.3 is 0 Å². The van der Waals surface area contributed by atoms with E-state index in [0.29, 0.717) is 0 Å². The predicted octanol–water partition coefficient (Wildman–Crippen LogP) is 3.75. The van der Waals surface area contributed by atoms with Crippen LogP contribution in [-0.4, -0.2) is 11.7 Å². The van der Waals surface area contributed by atoms with E-state index in [-0.39, 0.29) is 12.0 Å². The maximum Gasteiger partial charge on any atom is 0.0468 e. The Morgan fingerprint density at radius 1 is 1.06 bits per heavy atom. The molecule has 0 aliphatic heterocycles. The second-order valence-electron chi connectivity index (χ2n) is 5.34. The molecule has 2 aliphatic carbocycles. The molecule has 1 atom stereocenters. The van der Waals surface area contributed by atoms with Crippen LogP contribution in [0.25, 0.3) is 0 Å². The van der Waals surface area contributed by atoms with Crippen molar-refractivity contribution in [2.24, 2.45) is 0 Å². The smallest absolute Gasteiger partial charge is 0.0468 e. The van der Waals surface area contributed by atoms with Crippen LogP contribution in [0.4, 0.5) is 0 Å². The van der Waals surface area contributed by atoms with Gasteiger partial charge in [0.05, 0.1) is 0 Å². The molecule has 1 aromatic carbocycles. The van der Waals surface area contributed by atoms with E-state index in [1.807, 2.05) is 0 Å². The molecular formula is C17H20O. The SMILES string of the molecule is OCCC1=CC=C2CCCCC12c1ccccc1. The quantitative estimate of drug-likeness (QED) is 0.853. The third kappa shape index (κ3) is 1.65. The molecule has 1 saturated carbocycles. The third-order valence-corrected chi connectivity index (χ3v) is 4.48. The summed E-state index contributed by atoms with van der Waals surface area (Å²) in [6.45, 7) is 0.252. The molecule has 94 valence electrons. The molecule has 2 aliphatic rings. The Kier molecular flexibility index (Phi) is 3.09. The molecule has 0 heterocycles. The van der Waals surface area contributed by atoms with Gasteiger partial charge in [-0.15, -0.1) is 0 Å². The Morgan fingerprint density at radius 3 is 2.67 bits per heavy atom. The highest BCUT2D eigenvalue weighted by atomic mass is 16.2. The highest BCUT2D eigenvalue weighted by Gasteiger charge is 2.42. The largest absolute Gasteiger partial charge is 0.396 e. The first kappa shape index (κ1) is 11.7. The van der Waals surface area contributed by atoms with E-state index >= 15 is 0 Å². The van der Waals surface area contributed by atoms with Crippen molar-refractivity contribution >= 4 is 0 Å². The van der Waals surface area contributed by atoms with Gasteiger partial charge in [-0.05, 0) is 31.2 Å². The number of aliphatic hydroxyl groups is 1. The standard InChI is InChI=1S/C17H20O/c18-13-11-16-10-9-15-8-4-5-12-17(15,16)14-6-2-1-3-7-14/h1-3,6-7,9-10,18H,4-5,8,11-13H2. The number of fused-ring (bicyclic) bond motifs is 1. The summed E-state index contributed by atoms with van der Waals surface area (Å²) in [5.74, 6) is 0. The zero-order valence-electron chi connectivity index (χ0n) is 10.7. The minimum absolute atomic E-state index is 0.113. The van der Waals surface area contributed by atoms with E-state index in [4.69, 9.17) is 0 Å². The summed E-state index contributed by atoms with van der Waals surface area (Å²) in [5, 5.41) is 9.31. The van der Waals surface area contributed by atoms with Crippen molar-refractivity contribution in [3.63, 3.8) is 0 Å². The van der Waals surface area contributed by atoms with Crippen molar-refractivity contribution in [2.75, 3.05) is 6.61 Å². The summed E-state index contributed by atoms with van der Waals surface area (Å²) >= 11 is 0. The van der Waals surface area contributed by atoms with Gasteiger partial charge in [0, 0.05) is 12.0 Å². The topological polar surface area (TPSA) is 20.2 Å². The maximum atomic E-state index is 9.31. The van der Waals surface area contributed by atoms with E-state index in [2.05, 4.69) is 42.5 Å². The lowest BCUT2D eigenvalue weighted by molar-refractivity contribution is 0.289. The van der Waals surface area contributed by atoms with E-state index in [9.17, 15) is 5.11 Å². The van der Waals surface area contributed by atoms with Crippen LogP contribution in [0.15, 0.2) is 53.6 Å². The van der Waals surface area contributed by atoms with Crippen molar-refractivity contribution in [3.8, 4) is 0 Å². The van der Waals surface area contributed by atoms with Crippen molar-refractivity contribution in [3.05, 3.63) is 59.2 Å². The average molecular weight is 240 g/mol. The summed E-state index contributed by atoms with van der Waals surface area (Å²) in [5.41, 5.74) is 4.49.